The van der Waals surface area contributed by atoms with Gasteiger partial charge < -0.3 is 14.6 Å². The first-order valence-corrected chi connectivity index (χ1v) is 4.63. The van der Waals surface area contributed by atoms with E-state index in [0.29, 0.717) is 6.61 Å². The van der Waals surface area contributed by atoms with Crippen LogP contribution in [0.3, 0.4) is 0 Å². The quantitative estimate of drug-likeness (QED) is 0.688. The molecule has 1 saturated heterocycles. The Kier molecular flexibility index (Phi) is 2.78. The van der Waals surface area contributed by atoms with E-state index in [1.165, 1.54) is 0 Å². The molecule has 0 aromatic rings. The Morgan fingerprint density at radius 3 is 2.77 bits per heavy atom. The summed E-state index contributed by atoms with van der Waals surface area (Å²) in [4.78, 5) is 0. The summed E-state index contributed by atoms with van der Waals surface area (Å²) in [5.41, 5.74) is 0. The molecule has 0 spiro atoms. The van der Waals surface area contributed by atoms with Crippen molar-refractivity contribution >= 4 is 0 Å². The highest BCUT2D eigenvalue weighted by molar-refractivity contribution is 5.18. The Labute approximate surface area is 77.7 Å². The van der Waals surface area contributed by atoms with E-state index in [9.17, 15) is 0 Å². The van der Waals surface area contributed by atoms with Crippen molar-refractivity contribution in [2.24, 2.45) is 5.92 Å². The van der Waals surface area contributed by atoms with Crippen LogP contribution in [0, 0.1) is 5.92 Å². The zero-order valence-electron chi connectivity index (χ0n) is 7.43. The lowest BCUT2D eigenvalue weighted by Gasteiger charge is -2.31. The first-order chi connectivity index (χ1) is 6.40. The van der Waals surface area contributed by atoms with Crippen LogP contribution in [0.25, 0.3) is 0 Å². The number of aliphatic hydroxyl groups excluding tert-OH is 1. The molecule has 0 saturated carbocycles. The van der Waals surface area contributed by atoms with Crippen LogP contribution in [0.2, 0.25) is 0 Å². The summed E-state index contributed by atoms with van der Waals surface area (Å²) < 4.78 is 11.0. The molecule has 72 valence electrons. The van der Waals surface area contributed by atoms with Gasteiger partial charge in [-0.2, -0.15) is 0 Å². The second-order valence-corrected chi connectivity index (χ2v) is 3.32. The van der Waals surface area contributed by atoms with Gasteiger partial charge in [0.05, 0.1) is 19.3 Å². The summed E-state index contributed by atoms with van der Waals surface area (Å²) in [7, 11) is 0. The van der Waals surface area contributed by atoms with E-state index in [4.69, 9.17) is 14.6 Å². The van der Waals surface area contributed by atoms with Crippen LogP contribution >= 0.6 is 0 Å². The average molecular weight is 182 g/mol. The molecule has 2 atom stereocenters. The zero-order chi connectivity index (χ0) is 9.10. The van der Waals surface area contributed by atoms with Crippen LogP contribution < -0.4 is 0 Å². The highest BCUT2D eigenvalue weighted by atomic mass is 16.7. The summed E-state index contributed by atoms with van der Waals surface area (Å²) in [6, 6.07) is 0. The van der Waals surface area contributed by atoms with Crippen molar-refractivity contribution in [3.63, 3.8) is 0 Å². The predicted molar refractivity (Wildman–Crippen MR) is 48.1 cm³/mol. The summed E-state index contributed by atoms with van der Waals surface area (Å²) >= 11 is 0. The number of rotatable bonds is 2. The molecule has 1 heterocycles. The van der Waals surface area contributed by atoms with Crippen molar-refractivity contribution in [2.75, 3.05) is 13.2 Å². The summed E-state index contributed by atoms with van der Waals surface area (Å²) in [6.45, 7) is 0.758. The molecule has 13 heavy (non-hydrogen) atoms. The normalized spacial score (nSPS) is 34.2. The van der Waals surface area contributed by atoms with E-state index in [1.807, 2.05) is 24.3 Å². The number of aliphatic hydroxyl groups is 1. The van der Waals surface area contributed by atoms with Crippen molar-refractivity contribution in [2.45, 2.75) is 18.8 Å². The van der Waals surface area contributed by atoms with E-state index in [-0.39, 0.29) is 24.9 Å². The fraction of sp³-hybridized carbons (Fsp3) is 0.600. The van der Waals surface area contributed by atoms with Crippen LogP contribution in [0.15, 0.2) is 24.3 Å². The highest BCUT2D eigenvalue weighted by Crippen LogP contribution is 2.23. The van der Waals surface area contributed by atoms with Crippen molar-refractivity contribution in [1.29, 1.82) is 0 Å². The molecular formula is C10H14O3. The number of hydrogen-bond acceptors (Lipinski definition) is 3. The molecule has 1 fully saturated rings. The fourth-order valence-corrected chi connectivity index (χ4v) is 1.58. The van der Waals surface area contributed by atoms with Gasteiger partial charge in [-0.1, -0.05) is 24.3 Å². The summed E-state index contributed by atoms with van der Waals surface area (Å²) in [5, 5.41) is 8.94. The van der Waals surface area contributed by atoms with E-state index in [2.05, 4.69) is 0 Å². The molecule has 0 bridgehead atoms. The highest BCUT2D eigenvalue weighted by Gasteiger charge is 2.27. The maximum Gasteiger partial charge on any atom is 0.167 e. The minimum absolute atomic E-state index is 0.0545. The Bertz CT molecular complexity index is 210. The first kappa shape index (κ1) is 8.94. The first-order valence-electron chi connectivity index (χ1n) is 4.63. The van der Waals surface area contributed by atoms with Gasteiger partial charge in [0.1, 0.15) is 0 Å². The number of allylic oxidation sites excluding steroid dienone is 2. The van der Waals surface area contributed by atoms with E-state index in [1.54, 1.807) is 0 Å². The molecular weight excluding hydrogens is 168 g/mol. The van der Waals surface area contributed by atoms with Gasteiger partial charge in [0.25, 0.3) is 0 Å². The van der Waals surface area contributed by atoms with E-state index in [0.717, 1.165) is 6.42 Å². The lowest BCUT2D eigenvalue weighted by molar-refractivity contribution is -0.228. The topological polar surface area (TPSA) is 38.7 Å². The molecule has 3 nitrogen and oxygen atoms in total. The Morgan fingerprint density at radius 1 is 1.31 bits per heavy atom. The Balaban J connectivity index is 1.92. The molecule has 0 unspecified atom stereocenters. The second kappa shape index (κ2) is 4.05. The van der Waals surface area contributed by atoms with E-state index >= 15 is 0 Å². The molecule has 0 aromatic heterocycles. The smallest absolute Gasteiger partial charge is 0.167 e. The van der Waals surface area contributed by atoms with Crippen molar-refractivity contribution in [1.82, 2.24) is 0 Å². The van der Waals surface area contributed by atoms with Gasteiger partial charge in [0, 0.05) is 5.92 Å². The lowest BCUT2D eigenvalue weighted by atomic mass is 10.1. The van der Waals surface area contributed by atoms with Gasteiger partial charge in [-0.3, -0.25) is 0 Å². The van der Waals surface area contributed by atoms with Crippen molar-refractivity contribution in [3.05, 3.63) is 24.3 Å². The maximum atomic E-state index is 8.94. The summed E-state index contributed by atoms with van der Waals surface area (Å²) in [6.07, 6.45) is 8.59. The third-order valence-electron chi connectivity index (χ3n) is 2.34. The van der Waals surface area contributed by atoms with Gasteiger partial charge in [-0.05, 0) is 6.42 Å². The number of ether oxygens (including phenoxy) is 2. The van der Waals surface area contributed by atoms with Crippen LogP contribution in [0.4, 0.5) is 0 Å². The van der Waals surface area contributed by atoms with Gasteiger partial charge in [0.2, 0.25) is 0 Å². The standard InChI is InChI=1S/C10H14O3/c11-7-9-5-6-12-10(13-9)8-3-1-2-4-8/h1-4,8-11H,5-7H2/t9-,10-/m0/s1. The molecule has 0 radical (unpaired) electrons. The third-order valence-corrected chi connectivity index (χ3v) is 2.34. The molecule has 0 aromatic carbocycles. The average Bonchev–Trinajstić information content (AvgIpc) is 2.71. The molecule has 0 amide bonds. The van der Waals surface area contributed by atoms with Crippen LogP contribution in [-0.2, 0) is 9.47 Å². The molecule has 1 N–H and O–H groups in total. The lowest BCUT2D eigenvalue weighted by Crippen LogP contribution is -2.37. The largest absolute Gasteiger partial charge is 0.394 e. The Morgan fingerprint density at radius 2 is 2.08 bits per heavy atom. The fourth-order valence-electron chi connectivity index (χ4n) is 1.58. The van der Waals surface area contributed by atoms with Crippen LogP contribution in [0.5, 0.6) is 0 Å². The predicted octanol–water partition coefficient (Wildman–Crippen LogP) is 0.853. The van der Waals surface area contributed by atoms with Gasteiger partial charge in [0.15, 0.2) is 6.29 Å². The molecule has 3 heteroatoms. The van der Waals surface area contributed by atoms with E-state index < -0.39 is 0 Å². The van der Waals surface area contributed by atoms with Crippen molar-refractivity contribution in [3.8, 4) is 0 Å². The monoisotopic (exact) mass is 182 g/mol. The molecule has 2 aliphatic rings. The van der Waals surface area contributed by atoms with Crippen molar-refractivity contribution < 1.29 is 14.6 Å². The van der Waals surface area contributed by atoms with Gasteiger partial charge in [-0.15, -0.1) is 0 Å². The van der Waals surface area contributed by atoms with Gasteiger partial charge in [-0.25, -0.2) is 0 Å². The molecule has 1 aliphatic heterocycles. The summed E-state index contributed by atoms with van der Waals surface area (Å²) in [5.74, 6) is 0.217. The van der Waals surface area contributed by atoms with Crippen LogP contribution in [0.1, 0.15) is 6.42 Å². The second-order valence-electron chi connectivity index (χ2n) is 3.32. The minimum atomic E-state index is -0.208. The van der Waals surface area contributed by atoms with Gasteiger partial charge >= 0.3 is 0 Å². The maximum absolute atomic E-state index is 8.94. The van der Waals surface area contributed by atoms with Crippen LogP contribution in [-0.4, -0.2) is 30.7 Å². The molecule has 2 rings (SSSR count). The Hall–Kier alpha value is -0.640. The zero-order valence-corrected chi connectivity index (χ0v) is 7.43. The number of hydrogen-bond donors (Lipinski definition) is 1. The molecule has 1 aliphatic carbocycles. The minimum Gasteiger partial charge on any atom is -0.394 e. The SMILES string of the molecule is OC[C@@H]1CCO[C@H](C2C=CC=C2)O1. The third kappa shape index (κ3) is 1.99.